The van der Waals surface area contributed by atoms with Gasteiger partial charge in [-0.1, -0.05) is 40.2 Å². The number of carboxylic acid groups (broad SMARTS) is 1. The topological polar surface area (TPSA) is 242 Å². The van der Waals surface area contributed by atoms with E-state index in [9.17, 15) is 22.9 Å². The standard InChI is InChI=1S/C34H36N2O5S3.C17H22NS.C6H14O2.2CO2.BF.O3S/c1-6-15-35-28(34(4,5)25-20-23(32(37)38)31-22(30(25)35)14-18-43-31)10-7-9-27-33(2,3)24-11-12-26-21(13-17-42-26)29(24)36(27)16-8-19-44(39,40)41;1-5-6-10-18-12(2)17(3,4)14-7-8-15-13(16(14)18)9-11-19-15;1-4-7-6(3)8-5-2;2*2-1-3;1-2;1-4(2)3/h7,9-14,17-18,20H,6,8,15-16,19H2,1-5H3,(H-,37,38,39,40,41);7-9,11H,5-6,10H2,1-4H3;6H,4-5H2,1-3H3;;;;/q;+1;;;;;. The Morgan fingerprint density at radius 1 is 0.759 bits per heavy atom. The zero-order chi connectivity index (χ0) is 62.6. The lowest BCUT2D eigenvalue weighted by atomic mass is 9.80. The Kier molecular flexibility index (Phi) is 27.6. The number of hydrogen-bond donors (Lipinski definition) is 1. The van der Waals surface area contributed by atoms with Gasteiger partial charge in [0.1, 0.15) is 13.1 Å². The van der Waals surface area contributed by atoms with Crippen LogP contribution in [0.25, 0.3) is 30.3 Å². The first-order chi connectivity index (χ1) is 39.2. The van der Waals surface area contributed by atoms with Crippen LogP contribution in [0, 0.1) is 0 Å². The van der Waals surface area contributed by atoms with Crippen LogP contribution in [-0.2, 0) is 65.6 Å². The number of rotatable bonds is 16. The first-order valence-corrected chi connectivity index (χ1v) is 31.8. The van der Waals surface area contributed by atoms with Crippen LogP contribution in [0.15, 0.2) is 88.6 Å². The van der Waals surface area contributed by atoms with Gasteiger partial charge < -0.3 is 28.3 Å². The van der Waals surface area contributed by atoms with Crippen molar-refractivity contribution in [2.75, 3.05) is 43.5 Å². The van der Waals surface area contributed by atoms with Crippen LogP contribution in [0.5, 0.6) is 0 Å². The third-order valence-corrected chi connectivity index (χ3v) is 17.9. The van der Waals surface area contributed by atoms with Crippen molar-refractivity contribution in [1.29, 1.82) is 0 Å². The summed E-state index contributed by atoms with van der Waals surface area (Å²) in [6, 6.07) is 17.2. The molecule has 1 N–H and O–H groups in total. The van der Waals surface area contributed by atoms with Gasteiger partial charge in [0.15, 0.2) is 17.7 Å². The van der Waals surface area contributed by atoms with Gasteiger partial charge in [0.2, 0.25) is 11.4 Å². The van der Waals surface area contributed by atoms with E-state index in [0.717, 1.165) is 81.2 Å². The zero-order valence-corrected chi connectivity index (χ0v) is 52.9. The second-order valence-corrected chi connectivity index (χ2v) is 25.2. The Labute approximate surface area is 500 Å². The maximum atomic E-state index is 12.2. The van der Waals surface area contributed by atoms with Gasteiger partial charge in [0.05, 0.1) is 47.7 Å². The van der Waals surface area contributed by atoms with E-state index in [1.54, 1.807) is 11.3 Å². The molecule has 3 aromatic heterocycles. The van der Waals surface area contributed by atoms with E-state index in [1.165, 1.54) is 56.8 Å². The van der Waals surface area contributed by atoms with E-state index >= 15 is 0 Å². The molecule has 0 atom stereocenters. The first kappa shape index (κ1) is 71.1. The van der Waals surface area contributed by atoms with Crippen LogP contribution < -0.4 is 4.90 Å². The summed E-state index contributed by atoms with van der Waals surface area (Å²) in [5, 5.41) is 19.8. The average Bonchev–Trinajstić information content (AvgIpc) is 2.69. The SMILES string of the molecule is CCCC[N+]1=C(C)C(C)(C)c2ccc3sccc3c21.CCCN1/C(=C/C=C/C2=[N+](CCCS(=O)(=O)[O-])c3c(ccc4sccc34)C2(C)C)C(C)(C)c2cc(C(=O)O)c3sccc3c21.CCOC(C)OCC.O=C=O.O=C=O.O=S(=O)=O.[B]F. The lowest BCUT2D eigenvalue weighted by Gasteiger charge is -2.26. The Hall–Kier alpha value is -6.17. The number of carboxylic acids is 1. The molecular weight excluding hydrogens is 1160 g/mol. The number of halogens is 1. The second kappa shape index (κ2) is 32.2. The quantitative estimate of drug-likeness (QED) is 0.0410. The van der Waals surface area contributed by atoms with Crippen LogP contribution in [0.4, 0.5) is 21.4 Å². The van der Waals surface area contributed by atoms with E-state index in [-0.39, 0.29) is 35.8 Å². The molecule has 0 unspecified atom stereocenters. The smallest absolute Gasteiger partial charge is 0.425 e. The highest BCUT2D eigenvalue weighted by Crippen LogP contribution is 2.53. The predicted octanol–water partition coefficient (Wildman–Crippen LogP) is 12.1. The molecule has 0 amide bonds. The molecule has 3 aliphatic heterocycles. The molecule has 0 fully saturated rings. The molecule has 3 aliphatic rings. The number of fused-ring (bicyclic) bond motifs is 9. The van der Waals surface area contributed by atoms with E-state index in [4.69, 9.17) is 45.6 Å². The predicted molar refractivity (Wildman–Crippen MR) is 325 cm³/mol. The van der Waals surface area contributed by atoms with Crippen molar-refractivity contribution in [3.8, 4) is 0 Å². The number of aromatic carboxylic acids is 1. The Morgan fingerprint density at radius 3 is 1.72 bits per heavy atom. The monoisotopic (exact) mass is 1240 g/mol. The minimum Gasteiger partial charge on any atom is -0.748 e. The van der Waals surface area contributed by atoms with Gasteiger partial charge in [0.25, 0.3) is 0 Å². The maximum Gasteiger partial charge on any atom is 0.425 e. The summed E-state index contributed by atoms with van der Waals surface area (Å²) >= 11 is 4.98. The summed E-state index contributed by atoms with van der Waals surface area (Å²) in [5.74, 6) is -1.33. The van der Waals surface area contributed by atoms with Crippen molar-refractivity contribution < 1.29 is 77.6 Å². The fraction of sp³-hybridized carbons (Fsp3) is 0.441. The Balaban J connectivity index is 0.000000378. The number of unbranched alkanes of at least 4 members (excludes halogenated alkanes) is 1. The van der Waals surface area contributed by atoms with Gasteiger partial charge >= 0.3 is 37.0 Å². The van der Waals surface area contributed by atoms with Gasteiger partial charge in [-0.2, -0.15) is 28.3 Å². The molecule has 0 bridgehead atoms. The van der Waals surface area contributed by atoms with E-state index in [2.05, 4.69) is 150 Å². The number of carbonyl (C=O) groups is 1. The van der Waals surface area contributed by atoms with Gasteiger partial charge in [0, 0.05) is 88.4 Å². The van der Waals surface area contributed by atoms with Crippen LogP contribution in [0.2, 0.25) is 0 Å². The molecule has 446 valence electrons. The molecule has 0 aliphatic carbocycles. The molecule has 3 aromatic carbocycles. The van der Waals surface area contributed by atoms with Crippen molar-refractivity contribution in [3.05, 3.63) is 111 Å². The normalized spacial score (nSPS) is 15.2. The van der Waals surface area contributed by atoms with E-state index in [0.29, 0.717) is 12.1 Å². The second-order valence-electron chi connectivity index (χ2n) is 20.4. The lowest BCUT2D eigenvalue weighted by molar-refractivity contribution is -0.438. The highest BCUT2D eigenvalue weighted by Gasteiger charge is 2.47. The van der Waals surface area contributed by atoms with Crippen molar-refractivity contribution in [2.24, 2.45) is 0 Å². The molecule has 6 heterocycles. The molecule has 17 nitrogen and oxygen atoms in total. The first-order valence-electron chi connectivity index (χ1n) is 26.6. The van der Waals surface area contributed by atoms with Crippen LogP contribution >= 0.6 is 34.0 Å². The summed E-state index contributed by atoms with van der Waals surface area (Å²) in [6.45, 7) is 29.7. The molecule has 9 rings (SSSR count). The fourth-order valence-corrected chi connectivity index (χ4v) is 13.6. The largest absolute Gasteiger partial charge is 0.748 e. The summed E-state index contributed by atoms with van der Waals surface area (Å²) < 4.78 is 87.0. The van der Waals surface area contributed by atoms with Crippen molar-refractivity contribution in [3.63, 3.8) is 0 Å². The van der Waals surface area contributed by atoms with Gasteiger partial charge in [-0.15, -0.1) is 46.6 Å². The molecule has 6 aromatic rings. The van der Waals surface area contributed by atoms with Crippen molar-refractivity contribution >= 4 is 140 Å². The van der Waals surface area contributed by atoms with Crippen molar-refractivity contribution in [2.45, 2.75) is 131 Å². The number of carbonyl (C=O) groups excluding carboxylic acids is 4. The number of allylic oxidation sites excluding steroid dienone is 4. The number of hydrogen-bond acceptors (Lipinski definition) is 17. The zero-order valence-electron chi connectivity index (χ0n) is 48.8. The van der Waals surface area contributed by atoms with Gasteiger partial charge in [-0.05, 0) is 131 Å². The molecule has 24 heteroatoms. The highest BCUT2D eigenvalue weighted by molar-refractivity contribution is 7.85. The number of thiophene rings is 3. The number of ether oxygens (including phenoxy) is 2. The van der Waals surface area contributed by atoms with Gasteiger partial charge in [-0.3, -0.25) is 0 Å². The van der Waals surface area contributed by atoms with E-state index in [1.807, 2.05) is 49.6 Å². The number of anilines is 1. The molecule has 0 saturated heterocycles. The Bertz CT molecular complexity index is 3640. The molecule has 0 spiro atoms. The lowest BCUT2D eigenvalue weighted by Crippen LogP contribution is -2.28. The molecular formula is C59H72BFN3O14S5+. The average molecular weight is 1240 g/mol. The summed E-state index contributed by atoms with van der Waals surface area (Å²) in [4.78, 5) is 47.1. The Morgan fingerprint density at radius 2 is 1.24 bits per heavy atom. The third-order valence-electron chi connectivity index (χ3n) is 14.4. The molecule has 83 heavy (non-hydrogen) atoms. The highest BCUT2D eigenvalue weighted by atomic mass is 32.2. The minimum atomic E-state index is -4.32. The third kappa shape index (κ3) is 17.0. The van der Waals surface area contributed by atoms with Crippen molar-refractivity contribution in [1.82, 2.24) is 0 Å². The van der Waals surface area contributed by atoms with Crippen LogP contribution in [0.3, 0.4) is 0 Å². The van der Waals surface area contributed by atoms with Gasteiger partial charge in [-0.25, -0.2) is 13.2 Å². The molecule has 0 saturated carbocycles. The number of benzene rings is 3. The van der Waals surface area contributed by atoms with Crippen LogP contribution in [0.1, 0.15) is 136 Å². The summed E-state index contributed by atoms with van der Waals surface area (Å²) in [6.07, 6.45) is 10.5. The number of nitrogens with zero attached hydrogens (tertiary/aromatic N) is 3. The maximum absolute atomic E-state index is 12.2. The fourth-order valence-electron chi connectivity index (χ4n) is 10.6. The van der Waals surface area contributed by atoms with E-state index < -0.39 is 37.9 Å². The summed E-state index contributed by atoms with van der Waals surface area (Å²) in [5.41, 5.74) is 10.6. The minimum absolute atomic E-state index is 0.0370. The molecule has 2 radical (unpaired) electrons. The summed E-state index contributed by atoms with van der Waals surface area (Å²) in [7, 11) is -4.43. The van der Waals surface area contributed by atoms with Crippen LogP contribution in [-0.4, -0.2) is 123 Å².